The zero-order chi connectivity index (χ0) is 10.9. The average molecular weight is 213 g/mol. The molecule has 0 radical (unpaired) electrons. The first-order chi connectivity index (χ1) is 7.33. The molecule has 0 amide bonds. The summed E-state index contributed by atoms with van der Waals surface area (Å²) in [5.41, 5.74) is 5.83. The van der Waals surface area contributed by atoms with E-state index in [9.17, 15) is 0 Å². The van der Waals surface area contributed by atoms with Crippen LogP contribution in [0.5, 0.6) is 0 Å². The topological polar surface area (TPSA) is 35.2 Å². The molecule has 0 heterocycles. The van der Waals surface area contributed by atoms with Crippen LogP contribution < -0.4 is 5.73 Å². The molecule has 1 aliphatic rings. The Morgan fingerprint density at radius 1 is 1.07 bits per heavy atom. The highest BCUT2D eigenvalue weighted by Gasteiger charge is 2.21. The largest absolute Gasteiger partial charge is 0.378 e. The molecular weight excluding hydrogens is 186 g/mol. The summed E-state index contributed by atoms with van der Waals surface area (Å²) < 4.78 is 5.80. The highest BCUT2D eigenvalue weighted by Crippen LogP contribution is 2.20. The molecule has 2 nitrogen and oxygen atoms in total. The summed E-state index contributed by atoms with van der Waals surface area (Å²) in [7, 11) is 0. The number of rotatable bonds is 8. The highest BCUT2D eigenvalue weighted by atomic mass is 16.5. The van der Waals surface area contributed by atoms with Crippen molar-refractivity contribution in [2.75, 3.05) is 6.61 Å². The summed E-state index contributed by atoms with van der Waals surface area (Å²) in [6, 6.07) is 0.402. The van der Waals surface area contributed by atoms with Gasteiger partial charge in [-0.1, -0.05) is 39.0 Å². The second-order valence-electron chi connectivity index (χ2n) is 4.83. The van der Waals surface area contributed by atoms with Crippen molar-refractivity contribution in [1.29, 1.82) is 0 Å². The SMILES string of the molecule is CCCCCCCCOC1CCC(N)C1. The van der Waals surface area contributed by atoms with Crippen LogP contribution in [-0.4, -0.2) is 18.8 Å². The quantitative estimate of drug-likeness (QED) is 0.628. The Bertz CT molecular complexity index is 149. The fraction of sp³-hybridized carbons (Fsp3) is 1.00. The van der Waals surface area contributed by atoms with Crippen molar-refractivity contribution in [1.82, 2.24) is 0 Å². The van der Waals surface area contributed by atoms with Gasteiger partial charge in [0.25, 0.3) is 0 Å². The highest BCUT2D eigenvalue weighted by molar-refractivity contribution is 4.77. The molecule has 0 saturated heterocycles. The second-order valence-corrected chi connectivity index (χ2v) is 4.83. The van der Waals surface area contributed by atoms with Crippen molar-refractivity contribution >= 4 is 0 Å². The fourth-order valence-corrected chi connectivity index (χ4v) is 2.26. The lowest BCUT2D eigenvalue weighted by Gasteiger charge is -2.11. The van der Waals surface area contributed by atoms with Crippen LogP contribution in [-0.2, 0) is 4.74 Å². The lowest BCUT2D eigenvalue weighted by molar-refractivity contribution is 0.0548. The van der Waals surface area contributed by atoms with Gasteiger partial charge in [-0.15, -0.1) is 0 Å². The molecule has 0 aromatic heterocycles. The van der Waals surface area contributed by atoms with Crippen molar-refractivity contribution in [3.05, 3.63) is 0 Å². The van der Waals surface area contributed by atoms with Gasteiger partial charge in [0, 0.05) is 12.6 Å². The minimum Gasteiger partial charge on any atom is -0.378 e. The first kappa shape index (κ1) is 13.0. The predicted octanol–water partition coefficient (Wildman–Crippen LogP) is 3.24. The zero-order valence-corrected chi connectivity index (χ0v) is 10.2. The maximum atomic E-state index is 5.83. The van der Waals surface area contributed by atoms with Gasteiger partial charge < -0.3 is 10.5 Å². The van der Waals surface area contributed by atoms with Crippen molar-refractivity contribution in [2.45, 2.75) is 76.9 Å². The number of ether oxygens (including phenoxy) is 1. The van der Waals surface area contributed by atoms with E-state index in [1.807, 2.05) is 0 Å². The fourth-order valence-electron chi connectivity index (χ4n) is 2.26. The Morgan fingerprint density at radius 3 is 2.47 bits per heavy atom. The molecule has 0 aliphatic heterocycles. The lowest BCUT2D eigenvalue weighted by Crippen LogP contribution is -2.17. The number of hydrogen-bond acceptors (Lipinski definition) is 2. The minimum atomic E-state index is 0.402. The van der Waals surface area contributed by atoms with Gasteiger partial charge in [-0.05, 0) is 25.7 Å². The third-order valence-electron chi connectivity index (χ3n) is 3.28. The van der Waals surface area contributed by atoms with E-state index in [-0.39, 0.29) is 0 Å². The van der Waals surface area contributed by atoms with Crippen LogP contribution in [0.2, 0.25) is 0 Å². The molecule has 2 N–H and O–H groups in total. The maximum Gasteiger partial charge on any atom is 0.0590 e. The molecule has 0 aromatic carbocycles. The molecular formula is C13H27NO. The number of nitrogens with two attached hydrogens (primary N) is 1. The number of hydrogen-bond donors (Lipinski definition) is 1. The summed E-state index contributed by atoms with van der Waals surface area (Å²) >= 11 is 0. The van der Waals surface area contributed by atoms with E-state index in [1.54, 1.807) is 0 Å². The second kappa shape index (κ2) is 8.12. The Labute approximate surface area is 94.6 Å². The molecule has 1 fully saturated rings. The Balaban J connectivity index is 1.81. The van der Waals surface area contributed by atoms with E-state index < -0.39 is 0 Å². The summed E-state index contributed by atoms with van der Waals surface area (Å²) in [6.45, 7) is 3.20. The van der Waals surface area contributed by atoms with Crippen LogP contribution >= 0.6 is 0 Å². The van der Waals surface area contributed by atoms with Crippen LogP contribution in [0.15, 0.2) is 0 Å². The van der Waals surface area contributed by atoms with Gasteiger partial charge in [-0.25, -0.2) is 0 Å². The molecule has 2 atom stereocenters. The summed E-state index contributed by atoms with van der Waals surface area (Å²) in [5.74, 6) is 0. The third-order valence-corrected chi connectivity index (χ3v) is 3.28. The van der Waals surface area contributed by atoms with E-state index in [0.29, 0.717) is 12.1 Å². The normalized spacial score (nSPS) is 26.0. The molecule has 0 bridgehead atoms. The van der Waals surface area contributed by atoms with Crippen LogP contribution in [0.4, 0.5) is 0 Å². The molecule has 1 aliphatic carbocycles. The van der Waals surface area contributed by atoms with Gasteiger partial charge in [0.05, 0.1) is 6.10 Å². The van der Waals surface area contributed by atoms with Gasteiger partial charge in [0.1, 0.15) is 0 Å². The van der Waals surface area contributed by atoms with Gasteiger partial charge in [0.15, 0.2) is 0 Å². The van der Waals surface area contributed by atoms with Crippen LogP contribution in [0, 0.1) is 0 Å². The van der Waals surface area contributed by atoms with E-state index in [1.165, 1.54) is 44.9 Å². The van der Waals surface area contributed by atoms with Crippen molar-refractivity contribution < 1.29 is 4.74 Å². The molecule has 0 spiro atoms. The summed E-state index contributed by atoms with van der Waals surface area (Å²) in [5, 5.41) is 0. The maximum absolute atomic E-state index is 5.83. The van der Waals surface area contributed by atoms with E-state index in [0.717, 1.165) is 19.4 Å². The Morgan fingerprint density at radius 2 is 1.80 bits per heavy atom. The first-order valence-electron chi connectivity index (χ1n) is 6.70. The molecule has 1 rings (SSSR count). The standard InChI is InChI=1S/C13H27NO/c1-2-3-4-5-6-7-10-15-13-9-8-12(14)11-13/h12-13H,2-11,14H2,1H3. The number of unbranched alkanes of at least 4 members (excludes halogenated alkanes) is 5. The summed E-state index contributed by atoms with van der Waals surface area (Å²) in [6.07, 6.45) is 11.9. The monoisotopic (exact) mass is 213 g/mol. The van der Waals surface area contributed by atoms with Crippen LogP contribution in [0.25, 0.3) is 0 Å². The van der Waals surface area contributed by atoms with Crippen LogP contribution in [0.1, 0.15) is 64.7 Å². The molecule has 1 saturated carbocycles. The third kappa shape index (κ3) is 6.16. The smallest absolute Gasteiger partial charge is 0.0590 e. The van der Waals surface area contributed by atoms with E-state index >= 15 is 0 Å². The van der Waals surface area contributed by atoms with Crippen molar-refractivity contribution in [2.24, 2.45) is 5.73 Å². The minimum absolute atomic E-state index is 0.402. The molecule has 15 heavy (non-hydrogen) atoms. The van der Waals surface area contributed by atoms with E-state index in [2.05, 4.69) is 6.92 Å². The van der Waals surface area contributed by atoms with Gasteiger partial charge >= 0.3 is 0 Å². The van der Waals surface area contributed by atoms with Crippen molar-refractivity contribution in [3.63, 3.8) is 0 Å². The Hall–Kier alpha value is -0.0800. The molecule has 2 unspecified atom stereocenters. The first-order valence-corrected chi connectivity index (χ1v) is 6.70. The van der Waals surface area contributed by atoms with Gasteiger partial charge in [-0.2, -0.15) is 0 Å². The average Bonchev–Trinajstić information content (AvgIpc) is 2.63. The van der Waals surface area contributed by atoms with E-state index in [4.69, 9.17) is 10.5 Å². The van der Waals surface area contributed by atoms with Crippen LogP contribution in [0.3, 0.4) is 0 Å². The molecule has 90 valence electrons. The zero-order valence-electron chi connectivity index (χ0n) is 10.2. The predicted molar refractivity (Wildman–Crippen MR) is 64.9 cm³/mol. The summed E-state index contributed by atoms with van der Waals surface area (Å²) in [4.78, 5) is 0. The van der Waals surface area contributed by atoms with Gasteiger partial charge in [-0.3, -0.25) is 0 Å². The molecule has 0 aromatic rings. The molecule has 2 heteroatoms. The lowest BCUT2D eigenvalue weighted by atomic mass is 10.1. The van der Waals surface area contributed by atoms with Gasteiger partial charge in [0.2, 0.25) is 0 Å². The van der Waals surface area contributed by atoms with Crippen molar-refractivity contribution in [3.8, 4) is 0 Å². The Kier molecular flexibility index (Phi) is 7.03.